The van der Waals surface area contributed by atoms with Gasteiger partial charge >= 0.3 is 0 Å². The number of carbonyl (C=O) groups is 1. The molecular weight excluding hydrogens is 211 g/mol. The first-order chi connectivity index (χ1) is 7.65. The fourth-order valence-electron chi connectivity index (χ4n) is 1.19. The molecular formula is C10H9FN4O. The number of rotatable bonds is 2. The lowest BCUT2D eigenvalue weighted by Gasteiger charge is -2.02. The fraction of sp³-hybridized carbons (Fsp3) is 0. The van der Waals surface area contributed by atoms with Crippen LogP contribution in [0, 0.1) is 5.82 Å². The molecule has 1 amide bonds. The minimum atomic E-state index is -0.393. The Kier molecular flexibility index (Phi) is 2.55. The van der Waals surface area contributed by atoms with E-state index in [4.69, 9.17) is 5.84 Å². The maximum Gasteiger partial charge on any atom is 0.276 e. The van der Waals surface area contributed by atoms with Gasteiger partial charge in [0, 0.05) is 11.9 Å². The Balaban J connectivity index is 2.10. The lowest BCUT2D eigenvalue weighted by atomic mass is 10.3. The molecule has 5 nitrogen and oxygen atoms in total. The number of nitrogen functional groups attached to an aromatic ring is 1. The minimum Gasteiger partial charge on any atom is -0.323 e. The Labute approximate surface area is 90.6 Å². The Hall–Kier alpha value is -2.37. The van der Waals surface area contributed by atoms with Crippen molar-refractivity contribution in [1.29, 1.82) is 0 Å². The van der Waals surface area contributed by atoms with Gasteiger partial charge in [-0.2, -0.15) is 4.79 Å². The van der Waals surface area contributed by atoms with E-state index in [0.29, 0.717) is 5.69 Å². The van der Waals surface area contributed by atoms with Crippen molar-refractivity contribution in [2.75, 3.05) is 11.2 Å². The van der Waals surface area contributed by atoms with E-state index < -0.39 is 5.91 Å². The molecule has 6 heteroatoms. The molecule has 2 rings (SSSR count). The van der Waals surface area contributed by atoms with Crippen LogP contribution in [0.4, 0.5) is 10.1 Å². The molecule has 1 heterocycles. The maximum absolute atomic E-state index is 12.6. The molecule has 1 aromatic heterocycles. The molecule has 0 unspecified atom stereocenters. The van der Waals surface area contributed by atoms with Gasteiger partial charge in [0.1, 0.15) is 5.82 Å². The Morgan fingerprint density at radius 2 is 2.00 bits per heavy atom. The van der Waals surface area contributed by atoms with E-state index in [0.717, 1.165) is 4.79 Å². The number of hydrogen-bond donors (Lipinski definition) is 2. The zero-order valence-electron chi connectivity index (χ0n) is 8.22. The predicted molar refractivity (Wildman–Crippen MR) is 56.7 cm³/mol. The molecule has 82 valence electrons. The van der Waals surface area contributed by atoms with Gasteiger partial charge in [-0.25, -0.2) is 4.39 Å². The first-order valence-corrected chi connectivity index (χ1v) is 4.53. The highest BCUT2D eigenvalue weighted by Gasteiger charge is 2.08. The van der Waals surface area contributed by atoms with Crippen molar-refractivity contribution in [3.8, 4) is 0 Å². The summed E-state index contributed by atoms with van der Waals surface area (Å²) in [7, 11) is 0. The van der Waals surface area contributed by atoms with Crippen LogP contribution in [0.1, 0.15) is 10.5 Å². The number of benzene rings is 1. The van der Waals surface area contributed by atoms with Crippen LogP contribution >= 0.6 is 0 Å². The summed E-state index contributed by atoms with van der Waals surface area (Å²) in [5.74, 6) is 4.56. The largest absolute Gasteiger partial charge is 0.323 e. The number of aromatic nitrogens is 2. The van der Waals surface area contributed by atoms with Crippen molar-refractivity contribution in [2.45, 2.75) is 0 Å². The highest BCUT2D eigenvalue weighted by Crippen LogP contribution is 2.09. The topological polar surface area (TPSA) is 72.9 Å². The molecule has 0 fully saturated rings. The molecule has 0 aliphatic rings. The molecule has 16 heavy (non-hydrogen) atoms. The second-order valence-electron chi connectivity index (χ2n) is 3.14. The summed E-state index contributed by atoms with van der Waals surface area (Å²) < 4.78 is 12.6. The van der Waals surface area contributed by atoms with Gasteiger partial charge in [-0.1, -0.05) is 0 Å². The van der Waals surface area contributed by atoms with Crippen molar-refractivity contribution < 1.29 is 9.18 Å². The average Bonchev–Trinajstić information content (AvgIpc) is 2.68. The van der Waals surface area contributed by atoms with Crippen LogP contribution in [0.15, 0.2) is 36.5 Å². The van der Waals surface area contributed by atoms with Crippen LogP contribution in [0.3, 0.4) is 0 Å². The number of anilines is 1. The molecule has 0 saturated carbocycles. The number of amides is 1. The highest BCUT2D eigenvalue weighted by atomic mass is 19.1. The SMILES string of the molecule is Nn1ccc(C(=O)Nc2ccc(F)cc2)n1. The Morgan fingerprint density at radius 1 is 1.31 bits per heavy atom. The summed E-state index contributed by atoms with van der Waals surface area (Å²) >= 11 is 0. The second kappa shape index (κ2) is 4.01. The van der Waals surface area contributed by atoms with Crippen molar-refractivity contribution in [3.63, 3.8) is 0 Å². The molecule has 0 atom stereocenters. The number of nitrogens with zero attached hydrogens (tertiary/aromatic N) is 2. The number of nitrogens with one attached hydrogen (secondary N) is 1. The number of halogens is 1. The van der Waals surface area contributed by atoms with Gasteiger partial charge in [0.2, 0.25) is 0 Å². The number of carbonyl (C=O) groups excluding carboxylic acids is 1. The van der Waals surface area contributed by atoms with Gasteiger partial charge in [0.05, 0.1) is 0 Å². The third-order valence-electron chi connectivity index (χ3n) is 1.94. The Bertz CT molecular complexity index is 506. The van der Waals surface area contributed by atoms with E-state index in [2.05, 4.69) is 10.4 Å². The van der Waals surface area contributed by atoms with E-state index in [1.54, 1.807) is 0 Å². The molecule has 2 aromatic rings. The van der Waals surface area contributed by atoms with Crippen LogP contribution in [-0.4, -0.2) is 15.8 Å². The molecule has 0 bridgehead atoms. The summed E-state index contributed by atoms with van der Waals surface area (Å²) in [6.07, 6.45) is 1.46. The third-order valence-corrected chi connectivity index (χ3v) is 1.94. The third kappa shape index (κ3) is 2.17. The molecule has 1 aromatic carbocycles. The van der Waals surface area contributed by atoms with E-state index in [-0.39, 0.29) is 11.5 Å². The quantitative estimate of drug-likeness (QED) is 0.741. The summed E-state index contributed by atoms with van der Waals surface area (Å²) in [5, 5.41) is 6.29. The zero-order valence-corrected chi connectivity index (χ0v) is 8.22. The highest BCUT2D eigenvalue weighted by molar-refractivity contribution is 6.02. The van der Waals surface area contributed by atoms with Crippen molar-refractivity contribution in [1.82, 2.24) is 9.89 Å². The number of hydrogen-bond acceptors (Lipinski definition) is 3. The lowest BCUT2D eigenvalue weighted by molar-refractivity contribution is 0.102. The standard InChI is InChI=1S/C10H9FN4O/c11-7-1-3-8(4-2-7)13-10(16)9-5-6-15(12)14-9/h1-6H,12H2,(H,13,16). The maximum atomic E-state index is 12.6. The van der Waals surface area contributed by atoms with Crippen LogP contribution in [0.25, 0.3) is 0 Å². The van der Waals surface area contributed by atoms with Crippen LogP contribution in [-0.2, 0) is 0 Å². The van der Waals surface area contributed by atoms with Crippen LogP contribution in [0.2, 0.25) is 0 Å². The van der Waals surface area contributed by atoms with Crippen LogP contribution in [0.5, 0.6) is 0 Å². The van der Waals surface area contributed by atoms with Crippen molar-refractivity contribution >= 4 is 11.6 Å². The van der Waals surface area contributed by atoms with Gasteiger partial charge in [-0.05, 0) is 30.3 Å². The van der Waals surface area contributed by atoms with E-state index in [9.17, 15) is 9.18 Å². The van der Waals surface area contributed by atoms with Gasteiger partial charge in [0.15, 0.2) is 5.69 Å². The average molecular weight is 220 g/mol. The summed E-state index contributed by atoms with van der Waals surface area (Å²) in [5.41, 5.74) is 0.699. The van der Waals surface area contributed by atoms with Gasteiger partial charge in [-0.3, -0.25) is 4.79 Å². The summed E-state index contributed by atoms with van der Waals surface area (Å²) in [6.45, 7) is 0. The minimum absolute atomic E-state index is 0.201. The molecule has 0 aliphatic carbocycles. The van der Waals surface area contributed by atoms with E-state index in [1.807, 2.05) is 0 Å². The summed E-state index contributed by atoms with van der Waals surface area (Å²) in [6, 6.07) is 6.94. The molecule has 0 aliphatic heterocycles. The monoisotopic (exact) mass is 220 g/mol. The predicted octanol–water partition coefficient (Wildman–Crippen LogP) is 0.988. The normalized spacial score (nSPS) is 10.1. The van der Waals surface area contributed by atoms with Gasteiger partial charge in [0.25, 0.3) is 5.91 Å². The van der Waals surface area contributed by atoms with Gasteiger partial charge < -0.3 is 11.2 Å². The molecule has 3 N–H and O–H groups in total. The molecule has 0 spiro atoms. The van der Waals surface area contributed by atoms with E-state index >= 15 is 0 Å². The van der Waals surface area contributed by atoms with Crippen LogP contribution < -0.4 is 11.2 Å². The van der Waals surface area contributed by atoms with E-state index in [1.165, 1.54) is 36.5 Å². The molecule has 0 radical (unpaired) electrons. The fourth-order valence-corrected chi connectivity index (χ4v) is 1.19. The molecule has 0 saturated heterocycles. The first-order valence-electron chi connectivity index (χ1n) is 4.53. The smallest absolute Gasteiger partial charge is 0.276 e. The first kappa shape index (κ1) is 10.2. The van der Waals surface area contributed by atoms with Gasteiger partial charge in [-0.15, -0.1) is 5.10 Å². The zero-order chi connectivity index (χ0) is 11.5. The number of nitrogens with two attached hydrogens (primary N) is 1. The second-order valence-corrected chi connectivity index (χ2v) is 3.14. The lowest BCUT2D eigenvalue weighted by Crippen LogP contribution is -2.15. The summed E-state index contributed by atoms with van der Waals surface area (Å²) in [4.78, 5) is 12.6. The Morgan fingerprint density at radius 3 is 2.56 bits per heavy atom. The van der Waals surface area contributed by atoms with Crippen molar-refractivity contribution in [2.24, 2.45) is 0 Å². The van der Waals surface area contributed by atoms with Crippen molar-refractivity contribution in [3.05, 3.63) is 48.0 Å².